The first-order chi connectivity index (χ1) is 8.06. The molecule has 3 nitrogen and oxygen atoms in total. The van der Waals surface area contributed by atoms with E-state index < -0.39 is 0 Å². The molecule has 1 fully saturated rings. The van der Waals surface area contributed by atoms with Crippen LogP contribution in [-0.4, -0.2) is 35.8 Å². The van der Waals surface area contributed by atoms with E-state index in [9.17, 15) is 5.26 Å². The summed E-state index contributed by atoms with van der Waals surface area (Å²) in [6.07, 6.45) is 3.24. The van der Waals surface area contributed by atoms with Gasteiger partial charge >= 0.3 is 0 Å². The maximum absolute atomic E-state index is 9.19. The van der Waals surface area contributed by atoms with Crippen molar-refractivity contribution in [1.29, 1.82) is 5.26 Å². The highest BCUT2D eigenvalue weighted by molar-refractivity contribution is 8.00. The van der Waals surface area contributed by atoms with Crippen molar-refractivity contribution < 1.29 is 4.74 Å². The normalized spacial score (nSPS) is 19.7. The quantitative estimate of drug-likeness (QED) is 0.678. The molecule has 98 valence electrons. The molecule has 1 N–H and O–H groups in total. The third kappa shape index (κ3) is 5.76. The number of rotatable bonds is 8. The fraction of sp³-hybridized carbons (Fsp3) is 0.923. The molecule has 1 atom stereocenters. The largest absolute Gasteiger partial charge is 0.379 e. The van der Waals surface area contributed by atoms with Gasteiger partial charge < -0.3 is 4.74 Å². The van der Waals surface area contributed by atoms with Crippen molar-refractivity contribution in [3.05, 3.63) is 0 Å². The Labute approximate surface area is 109 Å². The highest BCUT2D eigenvalue weighted by Crippen LogP contribution is 2.21. The van der Waals surface area contributed by atoms with Crippen LogP contribution < -0.4 is 5.32 Å². The predicted octanol–water partition coefficient (Wildman–Crippen LogP) is 2.57. The molecule has 0 aliphatic carbocycles. The standard InChI is InChI=1S/C13H24N2OS/c1-11(2)15-13(3,10-14)6-4-5-7-17-12-8-16-9-12/h11-12,15H,4-9H2,1-3H3. The van der Waals surface area contributed by atoms with Gasteiger partial charge in [-0.1, -0.05) is 0 Å². The molecule has 0 amide bonds. The van der Waals surface area contributed by atoms with Crippen LogP contribution >= 0.6 is 11.8 Å². The van der Waals surface area contributed by atoms with Gasteiger partial charge in [0.25, 0.3) is 0 Å². The Morgan fingerprint density at radius 3 is 2.65 bits per heavy atom. The van der Waals surface area contributed by atoms with Crippen LogP contribution in [0, 0.1) is 11.3 Å². The first kappa shape index (κ1) is 14.8. The lowest BCUT2D eigenvalue weighted by atomic mass is 9.96. The lowest BCUT2D eigenvalue weighted by molar-refractivity contribution is 0.0455. The summed E-state index contributed by atoms with van der Waals surface area (Å²) in [4.78, 5) is 0. The molecule has 1 saturated heterocycles. The van der Waals surface area contributed by atoms with Crippen LogP contribution in [0.5, 0.6) is 0 Å². The van der Waals surface area contributed by atoms with Gasteiger partial charge in [-0.25, -0.2) is 0 Å². The number of unbranched alkanes of at least 4 members (excludes halogenated alkanes) is 1. The minimum absolute atomic E-state index is 0.362. The first-order valence-electron chi connectivity index (χ1n) is 6.44. The van der Waals surface area contributed by atoms with Gasteiger partial charge in [0.1, 0.15) is 5.54 Å². The Morgan fingerprint density at radius 2 is 2.18 bits per heavy atom. The molecular formula is C13H24N2OS. The molecule has 0 aromatic carbocycles. The van der Waals surface area contributed by atoms with E-state index in [4.69, 9.17) is 4.74 Å². The molecule has 0 bridgehead atoms. The van der Waals surface area contributed by atoms with Crippen LogP contribution in [0.1, 0.15) is 40.0 Å². The molecule has 0 aromatic rings. The van der Waals surface area contributed by atoms with Crippen molar-refractivity contribution in [3.63, 3.8) is 0 Å². The number of nitriles is 1. The van der Waals surface area contributed by atoms with Crippen LogP contribution in [0.25, 0.3) is 0 Å². The fourth-order valence-electron chi connectivity index (χ4n) is 1.94. The molecule has 1 unspecified atom stereocenters. The molecule has 17 heavy (non-hydrogen) atoms. The Balaban J connectivity index is 2.08. The van der Waals surface area contributed by atoms with Crippen LogP contribution in [0.4, 0.5) is 0 Å². The number of nitrogens with one attached hydrogen (secondary N) is 1. The first-order valence-corrected chi connectivity index (χ1v) is 7.49. The summed E-state index contributed by atoms with van der Waals surface area (Å²) in [5.74, 6) is 1.19. The lowest BCUT2D eigenvalue weighted by Gasteiger charge is -2.27. The van der Waals surface area contributed by atoms with E-state index in [-0.39, 0.29) is 5.54 Å². The zero-order valence-electron chi connectivity index (χ0n) is 11.2. The second-order valence-corrected chi connectivity index (χ2v) is 6.64. The lowest BCUT2D eigenvalue weighted by Crippen LogP contribution is -2.44. The third-order valence-corrected chi connectivity index (χ3v) is 4.15. The average molecular weight is 256 g/mol. The molecule has 0 aromatic heterocycles. The van der Waals surface area contributed by atoms with Crippen molar-refractivity contribution >= 4 is 11.8 Å². The van der Waals surface area contributed by atoms with Gasteiger partial charge in [-0.15, -0.1) is 0 Å². The summed E-state index contributed by atoms with van der Waals surface area (Å²) >= 11 is 2.01. The molecule has 1 rings (SSSR count). The maximum Gasteiger partial charge on any atom is 0.104 e. The Bertz CT molecular complexity index is 261. The van der Waals surface area contributed by atoms with E-state index in [0.717, 1.165) is 31.3 Å². The topological polar surface area (TPSA) is 45.0 Å². The number of hydrogen-bond donors (Lipinski definition) is 1. The zero-order valence-corrected chi connectivity index (χ0v) is 12.0. The van der Waals surface area contributed by atoms with Crippen LogP contribution in [0.3, 0.4) is 0 Å². The number of ether oxygens (including phenoxy) is 1. The van der Waals surface area contributed by atoms with E-state index in [1.165, 1.54) is 12.2 Å². The van der Waals surface area contributed by atoms with Gasteiger partial charge in [-0.3, -0.25) is 5.32 Å². The van der Waals surface area contributed by atoms with Gasteiger partial charge in [0, 0.05) is 6.04 Å². The van der Waals surface area contributed by atoms with Gasteiger partial charge in [0.15, 0.2) is 0 Å². The minimum Gasteiger partial charge on any atom is -0.379 e. The molecule has 1 heterocycles. The summed E-state index contributed by atoms with van der Waals surface area (Å²) in [7, 11) is 0. The summed E-state index contributed by atoms with van der Waals surface area (Å²) in [5, 5.41) is 13.3. The predicted molar refractivity (Wildman–Crippen MR) is 73.2 cm³/mol. The SMILES string of the molecule is CC(C)NC(C)(C#N)CCCCSC1COC1. The summed E-state index contributed by atoms with van der Waals surface area (Å²) in [6, 6.07) is 2.76. The van der Waals surface area contributed by atoms with E-state index in [0.29, 0.717) is 6.04 Å². The van der Waals surface area contributed by atoms with E-state index in [2.05, 4.69) is 25.2 Å². The van der Waals surface area contributed by atoms with E-state index >= 15 is 0 Å². The minimum atomic E-state index is -0.363. The van der Waals surface area contributed by atoms with Crippen molar-refractivity contribution in [2.75, 3.05) is 19.0 Å². The molecule has 0 spiro atoms. The molecule has 0 radical (unpaired) electrons. The van der Waals surface area contributed by atoms with Crippen LogP contribution in [0.2, 0.25) is 0 Å². The van der Waals surface area contributed by atoms with Crippen molar-refractivity contribution in [1.82, 2.24) is 5.32 Å². The van der Waals surface area contributed by atoms with E-state index in [1.54, 1.807) is 0 Å². The Kier molecular flexibility index (Phi) is 6.32. The van der Waals surface area contributed by atoms with Gasteiger partial charge in [0.2, 0.25) is 0 Å². The van der Waals surface area contributed by atoms with Crippen molar-refractivity contribution in [2.45, 2.75) is 56.9 Å². The second-order valence-electron chi connectivity index (χ2n) is 5.23. The smallest absolute Gasteiger partial charge is 0.104 e. The summed E-state index contributed by atoms with van der Waals surface area (Å²) in [5.41, 5.74) is -0.363. The monoisotopic (exact) mass is 256 g/mol. The zero-order chi connectivity index (χ0) is 12.7. The third-order valence-electron chi connectivity index (χ3n) is 2.89. The number of nitrogens with zero attached hydrogens (tertiary/aromatic N) is 1. The molecular weight excluding hydrogens is 232 g/mol. The second kappa shape index (κ2) is 7.25. The van der Waals surface area contributed by atoms with Gasteiger partial charge in [-0.05, 0) is 45.8 Å². The summed E-state index contributed by atoms with van der Waals surface area (Å²) < 4.78 is 5.13. The summed E-state index contributed by atoms with van der Waals surface area (Å²) in [6.45, 7) is 8.02. The Morgan fingerprint density at radius 1 is 1.47 bits per heavy atom. The van der Waals surface area contributed by atoms with Gasteiger partial charge in [-0.2, -0.15) is 17.0 Å². The van der Waals surface area contributed by atoms with Crippen molar-refractivity contribution in [2.24, 2.45) is 0 Å². The molecule has 1 aliphatic rings. The van der Waals surface area contributed by atoms with Crippen LogP contribution in [0.15, 0.2) is 0 Å². The molecule has 0 saturated carbocycles. The Hall–Kier alpha value is -0.240. The van der Waals surface area contributed by atoms with Crippen LogP contribution in [-0.2, 0) is 4.74 Å². The highest BCUT2D eigenvalue weighted by atomic mass is 32.2. The molecule has 1 aliphatic heterocycles. The molecule has 4 heteroatoms. The van der Waals surface area contributed by atoms with Gasteiger partial charge in [0.05, 0.1) is 24.5 Å². The number of thioether (sulfide) groups is 1. The number of hydrogen-bond acceptors (Lipinski definition) is 4. The van der Waals surface area contributed by atoms with Crippen molar-refractivity contribution in [3.8, 4) is 6.07 Å². The maximum atomic E-state index is 9.19. The fourth-order valence-corrected chi connectivity index (χ4v) is 3.03. The highest BCUT2D eigenvalue weighted by Gasteiger charge is 2.23. The average Bonchev–Trinajstić information content (AvgIpc) is 2.19. The van der Waals surface area contributed by atoms with E-state index in [1.807, 2.05) is 18.7 Å².